The highest BCUT2D eigenvalue weighted by Crippen LogP contribution is 2.06. The van der Waals surface area contributed by atoms with Crippen LogP contribution < -0.4 is 6.15 Å². The molecule has 4 nitrogen and oxygen atoms in total. The minimum atomic E-state index is 0. The fourth-order valence-corrected chi connectivity index (χ4v) is 1.53. The Morgan fingerprint density at radius 1 is 0.571 bits per heavy atom. The van der Waals surface area contributed by atoms with Gasteiger partial charge in [0, 0.05) is 0 Å². The molecule has 2 aromatic carbocycles. The van der Waals surface area contributed by atoms with Gasteiger partial charge in [0.15, 0.2) is 0 Å². The third-order valence-corrected chi connectivity index (χ3v) is 2.48. The SMILES string of the molecule is C(=Cc1ccccc1)c1ccccc1.N.c1cnnnc1. The van der Waals surface area contributed by atoms with Crippen LogP contribution in [0.15, 0.2) is 79.1 Å². The summed E-state index contributed by atoms with van der Waals surface area (Å²) in [6.07, 6.45) is 7.39. The van der Waals surface area contributed by atoms with Gasteiger partial charge in [-0.25, -0.2) is 0 Å². The van der Waals surface area contributed by atoms with Crippen molar-refractivity contribution >= 4 is 12.2 Å². The number of hydrogen-bond donors (Lipinski definition) is 1. The lowest BCUT2D eigenvalue weighted by atomic mass is 10.1. The maximum absolute atomic E-state index is 3.42. The maximum atomic E-state index is 3.42. The summed E-state index contributed by atoms with van der Waals surface area (Å²) in [4.78, 5) is 0. The van der Waals surface area contributed by atoms with Gasteiger partial charge in [-0.1, -0.05) is 72.8 Å². The van der Waals surface area contributed by atoms with Crippen molar-refractivity contribution in [3.05, 3.63) is 90.3 Å². The monoisotopic (exact) mass is 278 g/mol. The number of rotatable bonds is 2. The van der Waals surface area contributed by atoms with E-state index in [1.165, 1.54) is 11.1 Å². The van der Waals surface area contributed by atoms with Crippen LogP contribution in [0, 0.1) is 0 Å². The number of benzene rings is 2. The molecule has 0 aliphatic heterocycles. The van der Waals surface area contributed by atoms with Gasteiger partial charge in [0.2, 0.25) is 0 Å². The normalized spacial score (nSPS) is 9.33. The summed E-state index contributed by atoms with van der Waals surface area (Å²) in [6.45, 7) is 0. The Hall–Kier alpha value is -2.85. The molecule has 0 fully saturated rings. The molecule has 0 aliphatic rings. The smallest absolute Gasteiger partial charge is 0.0529 e. The second-order valence-electron chi connectivity index (χ2n) is 3.97. The third kappa shape index (κ3) is 6.75. The Bertz CT molecular complexity index is 542. The van der Waals surface area contributed by atoms with E-state index in [1.807, 2.05) is 36.4 Å². The van der Waals surface area contributed by atoms with Crippen LogP contribution in [0.25, 0.3) is 12.2 Å². The second kappa shape index (κ2) is 10.00. The molecular formula is C17H18N4. The van der Waals surface area contributed by atoms with Crippen LogP contribution in [-0.4, -0.2) is 15.4 Å². The van der Waals surface area contributed by atoms with Crippen molar-refractivity contribution in [1.29, 1.82) is 0 Å². The zero-order chi connectivity index (χ0) is 13.9. The van der Waals surface area contributed by atoms with E-state index in [0.29, 0.717) is 0 Å². The molecule has 3 aromatic rings. The van der Waals surface area contributed by atoms with E-state index in [1.54, 1.807) is 18.5 Å². The molecule has 0 saturated heterocycles. The van der Waals surface area contributed by atoms with Crippen LogP contribution in [0.5, 0.6) is 0 Å². The summed E-state index contributed by atoms with van der Waals surface area (Å²) in [5, 5.41) is 10.1. The van der Waals surface area contributed by atoms with Crippen LogP contribution in [-0.2, 0) is 0 Å². The predicted octanol–water partition coefficient (Wildman–Crippen LogP) is 3.89. The van der Waals surface area contributed by atoms with Crippen molar-refractivity contribution in [3.63, 3.8) is 0 Å². The first-order chi connectivity index (χ1) is 9.95. The lowest BCUT2D eigenvalue weighted by Crippen LogP contribution is -1.78. The molecule has 4 heteroatoms. The number of nitrogens with zero attached hydrogens (tertiary/aromatic N) is 3. The second-order valence-corrected chi connectivity index (χ2v) is 3.97. The van der Waals surface area contributed by atoms with Crippen molar-refractivity contribution < 1.29 is 0 Å². The minimum absolute atomic E-state index is 0. The van der Waals surface area contributed by atoms with Crippen LogP contribution >= 0.6 is 0 Å². The molecule has 1 aromatic heterocycles. The van der Waals surface area contributed by atoms with E-state index in [9.17, 15) is 0 Å². The molecule has 0 amide bonds. The first-order valence-corrected chi connectivity index (χ1v) is 6.32. The summed E-state index contributed by atoms with van der Waals surface area (Å²) >= 11 is 0. The van der Waals surface area contributed by atoms with E-state index in [-0.39, 0.29) is 6.15 Å². The lowest BCUT2D eigenvalue weighted by molar-refractivity contribution is 0.865. The van der Waals surface area contributed by atoms with Gasteiger partial charge in [-0.3, -0.25) is 0 Å². The zero-order valence-electron chi connectivity index (χ0n) is 11.7. The minimum Gasteiger partial charge on any atom is -0.344 e. The Morgan fingerprint density at radius 3 is 1.29 bits per heavy atom. The van der Waals surface area contributed by atoms with Crippen molar-refractivity contribution in [2.24, 2.45) is 0 Å². The Morgan fingerprint density at radius 2 is 1.00 bits per heavy atom. The van der Waals surface area contributed by atoms with Crippen LogP contribution in [0.4, 0.5) is 0 Å². The van der Waals surface area contributed by atoms with Gasteiger partial charge in [0.25, 0.3) is 0 Å². The Balaban J connectivity index is 0.000000267. The highest BCUT2D eigenvalue weighted by Gasteiger charge is 1.84. The highest BCUT2D eigenvalue weighted by atomic mass is 15.3. The summed E-state index contributed by atoms with van der Waals surface area (Å²) < 4.78 is 0. The van der Waals surface area contributed by atoms with Crippen LogP contribution in [0.1, 0.15) is 11.1 Å². The highest BCUT2D eigenvalue weighted by molar-refractivity contribution is 5.69. The Labute approximate surface area is 124 Å². The molecular weight excluding hydrogens is 260 g/mol. The molecule has 3 N–H and O–H groups in total. The molecule has 106 valence electrons. The molecule has 3 rings (SSSR count). The van der Waals surface area contributed by atoms with Gasteiger partial charge in [0.1, 0.15) is 0 Å². The molecule has 0 atom stereocenters. The standard InChI is InChI=1S/C14H12.C3H3N3.H3N/c1-3-7-13(8-4-1)11-12-14-9-5-2-6-10-14;1-2-4-6-5-3-1;/h1-12H;1-3H;1H3. The summed E-state index contributed by atoms with van der Waals surface area (Å²) in [7, 11) is 0. The van der Waals surface area contributed by atoms with E-state index >= 15 is 0 Å². The van der Waals surface area contributed by atoms with Gasteiger partial charge in [-0.05, 0) is 22.4 Å². The van der Waals surface area contributed by atoms with Crippen molar-refractivity contribution in [2.45, 2.75) is 0 Å². The summed E-state index contributed by atoms with van der Waals surface area (Å²) in [5.41, 5.74) is 2.47. The van der Waals surface area contributed by atoms with Gasteiger partial charge in [-0.15, -0.1) is 10.2 Å². The largest absolute Gasteiger partial charge is 0.344 e. The first kappa shape index (κ1) is 16.2. The van der Waals surface area contributed by atoms with Crippen LogP contribution in [0.3, 0.4) is 0 Å². The topological polar surface area (TPSA) is 73.7 Å². The lowest BCUT2D eigenvalue weighted by Gasteiger charge is -1.92. The maximum Gasteiger partial charge on any atom is 0.0529 e. The van der Waals surface area contributed by atoms with Crippen molar-refractivity contribution in [1.82, 2.24) is 21.6 Å². The quantitative estimate of drug-likeness (QED) is 0.722. The molecule has 1 heterocycles. The third-order valence-electron chi connectivity index (χ3n) is 2.48. The molecule has 0 saturated carbocycles. The summed E-state index contributed by atoms with van der Waals surface area (Å²) in [6, 6.07) is 22.3. The predicted molar refractivity (Wildman–Crippen MR) is 86.7 cm³/mol. The Kier molecular flexibility index (Phi) is 7.72. The zero-order valence-corrected chi connectivity index (χ0v) is 11.7. The van der Waals surface area contributed by atoms with Gasteiger partial charge in [-0.2, -0.15) is 0 Å². The molecule has 0 aliphatic carbocycles. The number of hydrogen-bond acceptors (Lipinski definition) is 4. The molecule has 21 heavy (non-hydrogen) atoms. The van der Waals surface area contributed by atoms with Crippen molar-refractivity contribution in [3.8, 4) is 0 Å². The molecule has 0 radical (unpaired) electrons. The van der Waals surface area contributed by atoms with E-state index < -0.39 is 0 Å². The average molecular weight is 278 g/mol. The van der Waals surface area contributed by atoms with Gasteiger partial charge < -0.3 is 6.15 Å². The molecule has 0 spiro atoms. The van der Waals surface area contributed by atoms with Crippen molar-refractivity contribution in [2.75, 3.05) is 0 Å². The van der Waals surface area contributed by atoms with Crippen LogP contribution in [0.2, 0.25) is 0 Å². The van der Waals surface area contributed by atoms with E-state index in [2.05, 4.69) is 51.8 Å². The van der Waals surface area contributed by atoms with E-state index in [0.717, 1.165) is 0 Å². The summed E-state index contributed by atoms with van der Waals surface area (Å²) in [5.74, 6) is 0. The average Bonchev–Trinajstić information content (AvgIpc) is 2.57. The fraction of sp³-hybridized carbons (Fsp3) is 0. The van der Waals surface area contributed by atoms with Gasteiger partial charge in [0.05, 0.1) is 12.4 Å². The number of aromatic nitrogens is 3. The van der Waals surface area contributed by atoms with E-state index in [4.69, 9.17) is 0 Å². The molecule has 0 unspecified atom stereocenters. The first-order valence-electron chi connectivity index (χ1n) is 6.32. The van der Waals surface area contributed by atoms with Gasteiger partial charge >= 0.3 is 0 Å². The fourth-order valence-electron chi connectivity index (χ4n) is 1.53. The molecule has 0 bridgehead atoms.